The third-order valence-electron chi connectivity index (χ3n) is 3.19. The average Bonchev–Trinajstić information content (AvgIpc) is 3.18. The van der Waals surface area contributed by atoms with Gasteiger partial charge in [0.2, 0.25) is 5.29 Å². The molecule has 0 aliphatic heterocycles. The van der Waals surface area contributed by atoms with E-state index in [-0.39, 0.29) is 23.3 Å². The normalized spacial score (nSPS) is 17.9. The number of aliphatic imine (C=N–C) groups is 2. The van der Waals surface area contributed by atoms with E-state index in [1.165, 1.54) is 13.3 Å². The summed E-state index contributed by atoms with van der Waals surface area (Å²) >= 11 is 5.89. The van der Waals surface area contributed by atoms with Crippen LogP contribution in [0.3, 0.4) is 0 Å². The molecule has 1 fully saturated rings. The van der Waals surface area contributed by atoms with Crippen LogP contribution in [0.1, 0.15) is 33.6 Å². The summed E-state index contributed by atoms with van der Waals surface area (Å²) in [7, 11) is 1.41. The first-order valence-electron chi connectivity index (χ1n) is 6.68. The van der Waals surface area contributed by atoms with E-state index in [4.69, 9.17) is 16.3 Å². The van der Waals surface area contributed by atoms with E-state index in [0.29, 0.717) is 11.8 Å². The summed E-state index contributed by atoms with van der Waals surface area (Å²) in [6, 6.07) is -0.200. The quantitative estimate of drug-likeness (QED) is 0.339. The van der Waals surface area contributed by atoms with Crippen LogP contribution in [0, 0.1) is 5.92 Å². The number of methoxy groups -OCH3 is 1. The zero-order valence-electron chi connectivity index (χ0n) is 12.5. The van der Waals surface area contributed by atoms with Crippen molar-refractivity contribution in [2.24, 2.45) is 15.9 Å². The molecule has 1 aliphatic carbocycles. The molecular weight excluding hydrogens is 278 g/mol. The lowest BCUT2D eigenvalue weighted by Crippen LogP contribution is -2.49. The maximum absolute atomic E-state index is 12.1. The van der Waals surface area contributed by atoms with Gasteiger partial charge in [0.25, 0.3) is 0 Å². The standard InChI is InChI=1S/C14H22ClN3O2/c1-6-16-14(15)17-10(4)18(9(2)3)12(11-7-8-11)13(19)20-5/h6,9,11-12H,1,7-8H2,2-5H3/b16-14-,17-10+/t12-/m1/s1. The zero-order valence-corrected chi connectivity index (χ0v) is 13.2. The highest BCUT2D eigenvalue weighted by Gasteiger charge is 2.42. The summed E-state index contributed by atoms with van der Waals surface area (Å²) in [6.07, 6.45) is 3.40. The Kier molecular flexibility index (Phi) is 6.20. The van der Waals surface area contributed by atoms with Crippen LogP contribution in [0.2, 0.25) is 0 Å². The average molecular weight is 300 g/mol. The van der Waals surface area contributed by atoms with Crippen molar-refractivity contribution in [3.8, 4) is 0 Å². The number of carbonyl (C=O) groups is 1. The van der Waals surface area contributed by atoms with Crippen molar-refractivity contribution in [1.82, 2.24) is 4.90 Å². The minimum absolute atomic E-state index is 0.0996. The monoisotopic (exact) mass is 299 g/mol. The van der Waals surface area contributed by atoms with Gasteiger partial charge in [-0.2, -0.15) is 0 Å². The number of hydrogen-bond donors (Lipinski definition) is 0. The molecule has 0 aromatic heterocycles. The first-order valence-corrected chi connectivity index (χ1v) is 7.05. The van der Waals surface area contributed by atoms with Crippen molar-refractivity contribution < 1.29 is 9.53 Å². The fourth-order valence-corrected chi connectivity index (χ4v) is 2.45. The third-order valence-corrected chi connectivity index (χ3v) is 3.37. The van der Waals surface area contributed by atoms with Gasteiger partial charge in [0.15, 0.2) is 0 Å². The number of halogens is 1. The third kappa shape index (κ3) is 4.34. The molecular formula is C14H22ClN3O2. The Morgan fingerprint density at radius 1 is 1.50 bits per heavy atom. The topological polar surface area (TPSA) is 54.3 Å². The van der Waals surface area contributed by atoms with Crippen molar-refractivity contribution in [2.45, 2.75) is 45.7 Å². The molecule has 0 bridgehead atoms. The summed E-state index contributed by atoms with van der Waals surface area (Å²) in [5.41, 5.74) is 0. The molecule has 0 aromatic carbocycles. The molecule has 20 heavy (non-hydrogen) atoms. The lowest BCUT2D eigenvalue weighted by atomic mass is 10.1. The van der Waals surface area contributed by atoms with Crippen LogP contribution in [0.4, 0.5) is 0 Å². The number of rotatable bonds is 5. The van der Waals surface area contributed by atoms with E-state index in [9.17, 15) is 4.79 Å². The molecule has 112 valence electrons. The first-order chi connectivity index (χ1) is 9.42. The van der Waals surface area contributed by atoms with Crippen molar-refractivity contribution in [3.63, 3.8) is 0 Å². The molecule has 1 saturated carbocycles. The van der Waals surface area contributed by atoms with E-state index >= 15 is 0 Å². The SMILES string of the molecule is C=C/N=C(Cl)\N=C(/C)N(C(C)C)[C@@H](C(=O)OC)C1CC1. The largest absolute Gasteiger partial charge is 0.467 e. The predicted molar refractivity (Wildman–Crippen MR) is 82.1 cm³/mol. The second kappa shape index (κ2) is 7.43. The molecule has 0 saturated heterocycles. The van der Waals surface area contributed by atoms with Gasteiger partial charge in [0, 0.05) is 12.2 Å². The van der Waals surface area contributed by atoms with E-state index in [0.717, 1.165) is 12.8 Å². The molecule has 0 heterocycles. The van der Waals surface area contributed by atoms with Gasteiger partial charge in [0.1, 0.15) is 11.9 Å². The lowest BCUT2D eigenvalue weighted by molar-refractivity contribution is -0.146. The summed E-state index contributed by atoms with van der Waals surface area (Å²) in [5.74, 6) is 0.746. The van der Waals surface area contributed by atoms with E-state index < -0.39 is 0 Å². The smallest absolute Gasteiger partial charge is 0.328 e. The Morgan fingerprint density at radius 2 is 2.10 bits per heavy atom. The number of hydrogen-bond acceptors (Lipinski definition) is 3. The number of esters is 1. The Labute approximate surface area is 125 Å². The van der Waals surface area contributed by atoms with Crippen LogP contribution in [0.5, 0.6) is 0 Å². The van der Waals surface area contributed by atoms with Gasteiger partial charge in [-0.1, -0.05) is 6.58 Å². The van der Waals surface area contributed by atoms with Crippen LogP contribution in [-0.2, 0) is 9.53 Å². The van der Waals surface area contributed by atoms with Gasteiger partial charge in [-0.25, -0.2) is 14.8 Å². The van der Waals surface area contributed by atoms with Crippen molar-refractivity contribution >= 4 is 28.7 Å². The molecule has 1 aliphatic rings. The maximum atomic E-state index is 12.1. The maximum Gasteiger partial charge on any atom is 0.328 e. The highest BCUT2D eigenvalue weighted by atomic mass is 35.5. The zero-order chi connectivity index (χ0) is 15.3. The summed E-state index contributed by atoms with van der Waals surface area (Å²) in [5, 5.41) is 0.0996. The highest BCUT2D eigenvalue weighted by Crippen LogP contribution is 2.37. The van der Waals surface area contributed by atoms with Gasteiger partial charge in [-0.15, -0.1) is 0 Å². The van der Waals surface area contributed by atoms with Crippen LogP contribution < -0.4 is 0 Å². The van der Waals surface area contributed by atoms with Crippen LogP contribution in [0.25, 0.3) is 0 Å². The van der Waals surface area contributed by atoms with Gasteiger partial charge in [0.05, 0.1) is 7.11 Å². The lowest BCUT2D eigenvalue weighted by Gasteiger charge is -2.34. The second-order valence-corrected chi connectivity index (χ2v) is 5.38. The Hall–Kier alpha value is -1.36. The predicted octanol–water partition coefficient (Wildman–Crippen LogP) is 2.81. The molecule has 1 rings (SSSR count). The van der Waals surface area contributed by atoms with Gasteiger partial charge in [-0.3, -0.25) is 0 Å². The fraction of sp³-hybridized carbons (Fsp3) is 0.643. The van der Waals surface area contributed by atoms with Gasteiger partial charge in [-0.05, 0) is 51.1 Å². The molecule has 5 nitrogen and oxygen atoms in total. The van der Waals surface area contributed by atoms with Crippen molar-refractivity contribution in [2.75, 3.05) is 7.11 Å². The molecule has 0 aromatic rings. The van der Waals surface area contributed by atoms with Crippen LogP contribution in [0.15, 0.2) is 22.8 Å². The van der Waals surface area contributed by atoms with Crippen molar-refractivity contribution in [3.05, 3.63) is 12.8 Å². The highest BCUT2D eigenvalue weighted by molar-refractivity contribution is 6.65. The minimum atomic E-state index is -0.308. The van der Waals surface area contributed by atoms with Crippen LogP contribution >= 0.6 is 11.6 Å². The molecule has 0 N–H and O–H groups in total. The molecule has 0 spiro atoms. The Bertz CT molecular complexity index is 428. The number of carbonyl (C=O) groups excluding carboxylic acids is 1. The molecule has 0 amide bonds. The van der Waals surface area contributed by atoms with Gasteiger partial charge >= 0.3 is 5.97 Å². The van der Waals surface area contributed by atoms with E-state index in [1.807, 2.05) is 25.7 Å². The summed E-state index contributed by atoms with van der Waals surface area (Å²) < 4.78 is 4.93. The number of nitrogens with zero attached hydrogens (tertiary/aromatic N) is 3. The van der Waals surface area contributed by atoms with Crippen molar-refractivity contribution in [1.29, 1.82) is 0 Å². The molecule has 6 heteroatoms. The Morgan fingerprint density at radius 3 is 2.50 bits per heavy atom. The van der Waals surface area contributed by atoms with Crippen LogP contribution in [-0.4, -0.2) is 41.2 Å². The number of ether oxygens (including phenoxy) is 1. The summed E-state index contributed by atoms with van der Waals surface area (Å²) in [4.78, 5) is 22.0. The first kappa shape index (κ1) is 16.7. The summed E-state index contributed by atoms with van der Waals surface area (Å²) in [6.45, 7) is 9.31. The molecule has 1 atom stereocenters. The van der Waals surface area contributed by atoms with Gasteiger partial charge < -0.3 is 9.64 Å². The molecule has 0 radical (unpaired) electrons. The number of amidine groups is 2. The van der Waals surface area contributed by atoms with E-state index in [1.54, 1.807) is 0 Å². The van der Waals surface area contributed by atoms with E-state index in [2.05, 4.69) is 16.6 Å². The molecule has 0 unspecified atom stereocenters. The minimum Gasteiger partial charge on any atom is -0.467 e. The Balaban J connectivity index is 3.05. The second-order valence-electron chi connectivity index (χ2n) is 5.05. The fourth-order valence-electron chi connectivity index (χ4n) is 2.26.